The lowest BCUT2D eigenvalue weighted by molar-refractivity contribution is -0.119. The summed E-state index contributed by atoms with van der Waals surface area (Å²) < 4.78 is 10.0. The van der Waals surface area contributed by atoms with Crippen LogP contribution in [0.5, 0.6) is 0 Å². The Kier molecular flexibility index (Phi) is 11.2. The molecule has 1 aliphatic heterocycles. The highest BCUT2D eigenvalue weighted by atomic mass is 16.5. The predicted molar refractivity (Wildman–Crippen MR) is 95.3 cm³/mol. The summed E-state index contributed by atoms with van der Waals surface area (Å²) in [7, 11) is 3.34. The topological polar surface area (TPSA) is 87.2 Å². The minimum atomic E-state index is -0.0985. The van der Waals surface area contributed by atoms with Gasteiger partial charge in [0.2, 0.25) is 5.91 Å². The molecule has 1 aliphatic rings. The Bertz CT molecular complexity index is 371. The van der Waals surface area contributed by atoms with Gasteiger partial charge >= 0.3 is 0 Å². The summed E-state index contributed by atoms with van der Waals surface area (Å²) >= 11 is 0. The normalized spacial score (nSPS) is 16.9. The fourth-order valence-electron chi connectivity index (χ4n) is 2.53. The first-order valence-corrected chi connectivity index (χ1v) is 8.71. The van der Waals surface area contributed by atoms with Crippen LogP contribution in [0.15, 0.2) is 4.99 Å². The van der Waals surface area contributed by atoms with Crippen LogP contribution in [0.2, 0.25) is 0 Å². The first kappa shape index (κ1) is 20.7. The number of ether oxygens (including phenoxy) is 2. The number of rotatable bonds is 10. The van der Waals surface area contributed by atoms with E-state index < -0.39 is 0 Å². The van der Waals surface area contributed by atoms with Gasteiger partial charge in [-0.1, -0.05) is 0 Å². The Morgan fingerprint density at radius 1 is 1.17 bits per heavy atom. The molecule has 0 aliphatic carbocycles. The Morgan fingerprint density at radius 2 is 1.88 bits per heavy atom. The minimum Gasteiger partial charge on any atom is -0.383 e. The van der Waals surface area contributed by atoms with Gasteiger partial charge in [-0.25, -0.2) is 4.99 Å². The molecule has 8 nitrogen and oxygen atoms in total. The lowest BCUT2D eigenvalue weighted by Crippen LogP contribution is -2.49. The van der Waals surface area contributed by atoms with E-state index in [1.807, 2.05) is 6.92 Å². The van der Waals surface area contributed by atoms with Gasteiger partial charge in [0.15, 0.2) is 5.96 Å². The molecule has 24 heavy (non-hydrogen) atoms. The number of nitrogens with one attached hydrogen (secondary N) is 3. The number of methoxy groups -OCH3 is 2. The fourth-order valence-corrected chi connectivity index (χ4v) is 2.53. The molecule has 0 aromatic carbocycles. The van der Waals surface area contributed by atoms with Crippen LogP contribution in [0.25, 0.3) is 0 Å². The minimum absolute atomic E-state index is 0.0985. The molecule has 0 bridgehead atoms. The third kappa shape index (κ3) is 9.05. The van der Waals surface area contributed by atoms with E-state index in [1.54, 1.807) is 14.2 Å². The third-order valence-electron chi connectivity index (χ3n) is 3.89. The zero-order valence-corrected chi connectivity index (χ0v) is 15.3. The van der Waals surface area contributed by atoms with Crippen molar-refractivity contribution in [2.24, 2.45) is 4.99 Å². The quantitative estimate of drug-likeness (QED) is 0.279. The van der Waals surface area contributed by atoms with Gasteiger partial charge < -0.3 is 30.3 Å². The smallest absolute Gasteiger partial charge is 0.241 e. The molecule has 1 fully saturated rings. The van der Waals surface area contributed by atoms with Gasteiger partial charge in [0, 0.05) is 53.0 Å². The molecule has 140 valence electrons. The Balaban J connectivity index is 2.34. The van der Waals surface area contributed by atoms with E-state index in [1.165, 1.54) is 0 Å². The lowest BCUT2D eigenvalue weighted by atomic mass is 10.1. The second-order valence-corrected chi connectivity index (χ2v) is 5.79. The number of amides is 1. The summed E-state index contributed by atoms with van der Waals surface area (Å²) in [5.74, 6) is 0.605. The molecule has 8 heteroatoms. The van der Waals surface area contributed by atoms with Crippen molar-refractivity contribution >= 4 is 11.9 Å². The molecule has 0 aromatic rings. The SMILES string of the molecule is CCNC(=NCC(=O)NCCOC)NC1CCN(CCOC)CC1. The lowest BCUT2D eigenvalue weighted by Gasteiger charge is -2.32. The van der Waals surface area contributed by atoms with Crippen molar-refractivity contribution in [2.45, 2.75) is 25.8 Å². The molecular weight excluding hydrogens is 310 g/mol. The van der Waals surface area contributed by atoms with Crippen LogP contribution in [0.4, 0.5) is 0 Å². The Labute approximate surface area is 145 Å². The number of piperidine rings is 1. The third-order valence-corrected chi connectivity index (χ3v) is 3.89. The van der Waals surface area contributed by atoms with Crippen molar-refractivity contribution < 1.29 is 14.3 Å². The monoisotopic (exact) mass is 343 g/mol. The summed E-state index contributed by atoms with van der Waals surface area (Å²) in [6.07, 6.45) is 2.13. The second kappa shape index (κ2) is 13.0. The Morgan fingerprint density at radius 3 is 2.50 bits per heavy atom. The van der Waals surface area contributed by atoms with Crippen LogP contribution < -0.4 is 16.0 Å². The first-order chi connectivity index (χ1) is 11.7. The molecule has 0 unspecified atom stereocenters. The standard InChI is InChI=1S/C16H33N5O3/c1-4-17-16(19-13-15(22)18-7-11-23-2)20-14-5-8-21(9-6-14)10-12-24-3/h14H,4-13H2,1-3H3,(H,18,22)(H2,17,19,20). The summed E-state index contributed by atoms with van der Waals surface area (Å²) in [6, 6.07) is 0.387. The highest BCUT2D eigenvalue weighted by Crippen LogP contribution is 2.09. The maximum atomic E-state index is 11.7. The van der Waals surface area contributed by atoms with Crippen LogP contribution >= 0.6 is 0 Å². The van der Waals surface area contributed by atoms with Crippen molar-refractivity contribution in [2.75, 3.05) is 66.7 Å². The van der Waals surface area contributed by atoms with Crippen molar-refractivity contribution in [1.29, 1.82) is 0 Å². The molecule has 1 rings (SSSR count). The summed E-state index contributed by atoms with van der Waals surface area (Å²) in [5, 5.41) is 9.40. The number of hydrogen-bond donors (Lipinski definition) is 3. The molecule has 0 atom stereocenters. The van der Waals surface area contributed by atoms with Gasteiger partial charge in [0.25, 0.3) is 0 Å². The first-order valence-electron chi connectivity index (χ1n) is 8.71. The number of likely N-dealkylation sites (tertiary alicyclic amines) is 1. The number of hydrogen-bond acceptors (Lipinski definition) is 5. The highest BCUT2D eigenvalue weighted by molar-refractivity contribution is 5.85. The van der Waals surface area contributed by atoms with E-state index in [2.05, 4.69) is 25.8 Å². The summed E-state index contributed by atoms with van der Waals surface area (Å²) in [6.45, 7) is 7.79. The number of carbonyl (C=O) groups is 1. The van der Waals surface area contributed by atoms with Gasteiger partial charge in [0.1, 0.15) is 6.54 Å². The van der Waals surface area contributed by atoms with E-state index >= 15 is 0 Å². The average molecular weight is 343 g/mol. The molecule has 1 saturated heterocycles. The van der Waals surface area contributed by atoms with Crippen molar-refractivity contribution in [3.8, 4) is 0 Å². The van der Waals surface area contributed by atoms with Crippen LogP contribution in [0, 0.1) is 0 Å². The van der Waals surface area contributed by atoms with E-state index in [4.69, 9.17) is 9.47 Å². The fraction of sp³-hybridized carbons (Fsp3) is 0.875. The molecular formula is C16H33N5O3. The van der Waals surface area contributed by atoms with Gasteiger partial charge in [-0.15, -0.1) is 0 Å². The van der Waals surface area contributed by atoms with Crippen molar-refractivity contribution in [3.05, 3.63) is 0 Å². The van der Waals surface area contributed by atoms with Crippen molar-refractivity contribution in [1.82, 2.24) is 20.9 Å². The van der Waals surface area contributed by atoms with E-state index in [9.17, 15) is 4.79 Å². The molecule has 1 amide bonds. The largest absolute Gasteiger partial charge is 0.383 e. The maximum absolute atomic E-state index is 11.7. The van der Waals surface area contributed by atoms with Gasteiger partial charge in [-0.2, -0.15) is 0 Å². The van der Waals surface area contributed by atoms with Crippen molar-refractivity contribution in [3.63, 3.8) is 0 Å². The van der Waals surface area contributed by atoms with Gasteiger partial charge in [-0.05, 0) is 19.8 Å². The van der Waals surface area contributed by atoms with Gasteiger partial charge in [-0.3, -0.25) is 4.79 Å². The zero-order chi connectivity index (χ0) is 17.6. The van der Waals surface area contributed by atoms with E-state index in [0.717, 1.165) is 45.6 Å². The molecule has 0 spiro atoms. The maximum Gasteiger partial charge on any atom is 0.241 e. The van der Waals surface area contributed by atoms with Crippen LogP contribution in [-0.2, 0) is 14.3 Å². The van der Waals surface area contributed by atoms with Gasteiger partial charge in [0.05, 0.1) is 13.2 Å². The molecule has 0 saturated carbocycles. The number of aliphatic imine (C=N–C) groups is 1. The van der Waals surface area contributed by atoms with E-state index in [-0.39, 0.29) is 12.5 Å². The molecule has 0 radical (unpaired) electrons. The van der Waals surface area contributed by atoms with Crippen LogP contribution in [-0.4, -0.2) is 89.5 Å². The molecule has 3 N–H and O–H groups in total. The predicted octanol–water partition coefficient (Wildman–Crippen LogP) is -0.585. The number of guanidine groups is 1. The van der Waals surface area contributed by atoms with Crippen LogP contribution in [0.3, 0.4) is 0 Å². The number of carbonyl (C=O) groups excluding carboxylic acids is 1. The Hall–Kier alpha value is -1.38. The van der Waals surface area contributed by atoms with E-state index in [0.29, 0.717) is 25.2 Å². The number of nitrogens with zero attached hydrogens (tertiary/aromatic N) is 2. The zero-order valence-electron chi connectivity index (χ0n) is 15.3. The second-order valence-electron chi connectivity index (χ2n) is 5.79. The average Bonchev–Trinajstić information content (AvgIpc) is 2.59. The summed E-state index contributed by atoms with van der Waals surface area (Å²) in [5.41, 5.74) is 0. The molecule has 1 heterocycles. The van der Waals surface area contributed by atoms with Crippen LogP contribution in [0.1, 0.15) is 19.8 Å². The highest BCUT2D eigenvalue weighted by Gasteiger charge is 2.19. The summed E-state index contributed by atoms with van der Waals surface area (Å²) in [4.78, 5) is 18.5. The molecule has 0 aromatic heterocycles.